The molecule has 0 unspecified atom stereocenters. The molecule has 62 heavy (non-hydrogen) atoms. The summed E-state index contributed by atoms with van der Waals surface area (Å²) < 4.78 is 2.37. The third kappa shape index (κ3) is 6.94. The number of hydrogen-bond donors (Lipinski definition) is 0. The van der Waals surface area contributed by atoms with Gasteiger partial charge < -0.3 is 9.47 Å². The zero-order valence-corrected chi connectivity index (χ0v) is 34.1. The highest BCUT2D eigenvalue weighted by Crippen LogP contribution is 2.44. The fourth-order valence-electron chi connectivity index (χ4n) is 8.92. The number of benzene rings is 10. The van der Waals surface area contributed by atoms with Crippen LogP contribution in [0.4, 0.5) is 17.1 Å². The molecule has 2 heteroatoms. The van der Waals surface area contributed by atoms with Gasteiger partial charge in [0, 0.05) is 33.4 Å². The molecule has 0 saturated carbocycles. The van der Waals surface area contributed by atoms with Gasteiger partial charge in [0.15, 0.2) is 0 Å². The Morgan fingerprint density at radius 3 is 1.23 bits per heavy atom. The standard InChI is InChI=1S/C60H42N2/c1-5-15-43(16-6-1)46-25-27-49(28-26-46)55-39-33-51(45-19-9-3-10-20-45)42-60(55)61(53-35-29-47(30-36-53)44-17-7-2-8-18-44)54-37-31-48(32-38-54)50-34-40-59-57(41-50)56-23-13-14-24-58(56)62(59)52-21-11-4-12-22-52/h1-42H. The second kappa shape index (κ2) is 16.1. The highest BCUT2D eigenvalue weighted by atomic mass is 15.1. The molecule has 0 aliphatic rings. The van der Waals surface area contributed by atoms with E-state index in [4.69, 9.17) is 0 Å². The first-order valence-corrected chi connectivity index (χ1v) is 21.3. The van der Waals surface area contributed by atoms with Gasteiger partial charge in [-0.25, -0.2) is 0 Å². The molecule has 0 aliphatic heterocycles. The van der Waals surface area contributed by atoms with Crippen LogP contribution in [0.1, 0.15) is 0 Å². The highest BCUT2D eigenvalue weighted by molar-refractivity contribution is 6.10. The Morgan fingerprint density at radius 2 is 0.645 bits per heavy atom. The summed E-state index contributed by atoms with van der Waals surface area (Å²) in [6, 6.07) is 92.1. The SMILES string of the molecule is c1ccc(-c2ccc(-c3ccc(-c4ccccc4)cc3N(c3ccc(-c4ccccc4)cc3)c3ccc(-c4ccc5c(c4)c4ccccc4n5-c4ccccc4)cc3)cc2)cc1. The fraction of sp³-hybridized carbons (Fsp3) is 0. The summed E-state index contributed by atoms with van der Waals surface area (Å²) in [5, 5.41) is 2.49. The summed E-state index contributed by atoms with van der Waals surface area (Å²) in [5.41, 5.74) is 18.6. The minimum atomic E-state index is 1.08. The van der Waals surface area contributed by atoms with Gasteiger partial charge in [0.2, 0.25) is 0 Å². The number of fused-ring (bicyclic) bond motifs is 3. The average molecular weight is 791 g/mol. The van der Waals surface area contributed by atoms with Crippen LogP contribution in [0.15, 0.2) is 255 Å². The van der Waals surface area contributed by atoms with Gasteiger partial charge in [-0.1, -0.05) is 194 Å². The van der Waals surface area contributed by atoms with Crippen LogP contribution in [0.25, 0.3) is 83.1 Å². The maximum absolute atomic E-state index is 2.42. The quantitative estimate of drug-likeness (QED) is 0.141. The van der Waals surface area contributed by atoms with Gasteiger partial charge in [-0.05, 0) is 111 Å². The van der Waals surface area contributed by atoms with E-state index in [9.17, 15) is 0 Å². The van der Waals surface area contributed by atoms with E-state index in [1.807, 2.05) is 0 Å². The van der Waals surface area contributed by atoms with Gasteiger partial charge >= 0.3 is 0 Å². The smallest absolute Gasteiger partial charge is 0.0546 e. The Labute approximate surface area is 362 Å². The predicted octanol–water partition coefficient (Wildman–Crippen LogP) is 16.6. The lowest BCUT2D eigenvalue weighted by Crippen LogP contribution is -2.11. The fourth-order valence-corrected chi connectivity index (χ4v) is 8.92. The van der Waals surface area contributed by atoms with Crippen molar-refractivity contribution >= 4 is 38.9 Å². The first kappa shape index (κ1) is 36.8. The Hall–Kier alpha value is -8.20. The molecular formula is C60H42N2. The van der Waals surface area contributed by atoms with E-state index in [-0.39, 0.29) is 0 Å². The predicted molar refractivity (Wildman–Crippen MR) is 263 cm³/mol. The summed E-state index contributed by atoms with van der Waals surface area (Å²) in [6.45, 7) is 0. The molecule has 1 heterocycles. The number of nitrogens with zero attached hydrogens (tertiary/aromatic N) is 2. The molecule has 0 aliphatic carbocycles. The molecule has 0 spiro atoms. The second-order valence-electron chi connectivity index (χ2n) is 15.8. The normalized spacial score (nSPS) is 11.2. The van der Waals surface area contributed by atoms with Crippen LogP contribution in [0.2, 0.25) is 0 Å². The van der Waals surface area contributed by atoms with Crippen molar-refractivity contribution in [3.05, 3.63) is 255 Å². The van der Waals surface area contributed by atoms with Gasteiger partial charge in [0.05, 0.1) is 16.7 Å². The van der Waals surface area contributed by atoms with Crippen LogP contribution in [0, 0.1) is 0 Å². The van der Waals surface area contributed by atoms with Gasteiger partial charge in [-0.3, -0.25) is 0 Å². The van der Waals surface area contributed by atoms with Gasteiger partial charge in [0.1, 0.15) is 0 Å². The van der Waals surface area contributed by atoms with Crippen LogP contribution in [0.5, 0.6) is 0 Å². The van der Waals surface area contributed by atoms with Gasteiger partial charge in [0.25, 0.3) is 0 Å². The van der Waals surface area contributed by atoms with Crippen molar-refractivity contribution in [2.75, 3.05) is 4.90 Å². The van der Waals surface area contributed by atoms with Crippen LogP contribution in [-0.2, 0) is 0 Å². The van der Waals surface area contributed by atoms with Crippen molar-refractivity contribution in [3.63, 3.8) is 0 Å². The molecule has 0 bridgehead atoms. The molecule has 0 atom stereocenters. The number of aromatic nitrogens is 1. The number of rotatable bonds is 9. The summed E-state index contributed by atoms with van der Waals surface area (Å²) >= 11 is 0. The average Bonchev–Trinajstić information content (AvgIpc) is 3.69. The van der Waals surface area contributed by atoms with Crippen molar-refractivity contribution in [2.45, 2.75) is 0 Å². The third-order valence-corrected chi connectivity index (χ3v) is 12.0. The van der Waals surface area contributed by atoms with E-state index >= 15 is 0 Å². The van der Waals surface area contributed by atoms with Crippen LogP contribution >= 0.6 is 0 Å². The zero-order valence-electron chi connectivity index (χ0n) is 34.1. The van der Waals surface area contributed by atoms with Gasteiger partial charge in [-0.2, -0.15) is 0 Å². The maximum atomic E-state index is 2.42. The van der Waals surface area contributed by atoms with E-state index in [1.54, 1.807) is 0 Å². The van der Waals surface area contributed by atoms with E-state index in [0.717, 1.165) is 39.4 Å². The monoisotopic (exact) mass is 790 g/mol. The van der Waals surface area contributed by atoms with E-state index in [0.29, 0.717) is 0 Å². The first-order chi connectivity index (χ1) is 30.7. The minimum Gasteiger partial charge on any atom is -0.310 e. The summed E-state index contributed by atoms with van der Waals surface area (Å²) in [6.07, 6.45) is 0. The van der Waals surface area contributed by atoms with Crippen molar-refractivity contribution in [2.24, 2.45) is 0 Å². The molecule has 2 nitrogen and oxygen atoms in total. The van der Waals surface area contributed by atoms with E-state index < -0.39 is 0 Å². The van der Waals surface area contributed by atoms with E-state index in [2.05, 4.69) is 264 Å². The van der Waals surface area contributed by atoms with Crippen molar-refractivity contribution in [1.29, 1.82) is 0 Å². The van der Waals surface area contributed by atoms with Crippen molar-refractivity contribution < 1.29 is 0 Å². The molecule has 1 aromatic heterocycles. The molecule has 10 aromatic carbocycles. The Kier molecular flexibility index (Phi) is 9.57. The lowest BCUT2D eigenvalue weighted by Gasteiger charge is -2.29. The first-order valence-electron chi connectivity index (χ1n) is 21.3. The number of para-hydroxylation sites is 2. The zero-order chi connectivity index (χ0) is 41.2. The summed E-state index contributed by atoms with van der Waals surface area (Å²) in [7, 11) is 0. The lowest BCUT2D eigenvalue weighted by atomic mass is 9.95. The third-order valence-electron chi connectivity index (χ3n) is 12.0. The number of hydrogen-bond acceptors (Lipinski definition) is 1. The number of anilines is 3. The molecule has 0 fully saturated rings. The van der Waals surface area contributed by atoms with E-state index in [1.165, 1.54) is 60.8 Å². The molecule has 292 valence electrons. The largest absolute Gasteiger partial charge is 0.310 e. The molecule has 0 radical (unpaired) electrons. The summed E-state index contributed by atoms with van der Waals surface area (Å²) in [4.78, 5) is 2.42. The summed E-state index contributed by atoms with van der Waals surface area (Å²) in [5.74, 6) is 0. The van der Waals surface area contributed by atoms with Gasteiger partial charge in [-0.15, -0.1) is 0 Å². The van der Waals surface area contributed by atoms with Crippen LogP contribution in [0.3, 0.4) is 0 Å². The highest BCUT2D eigenvalue weighted by Gasteiger charge is 2.20. The Balaban J connectivity index is 1.05. The lowest BCUT2D eigenvalue weighted by molar-refractivity contribution is 1.18. The molecule has 11 aromatic rings. The maximum Gasteiger partial charge on any atom is 0.0546 e. The molecule has 0 saturated heterocycles. The molecule has 0 N–H and O–H groups in total. The minimum absolute atomic E-state index is 1.08. The Bertz CT molecular complexity index is 3280. The molecule has 0 amide bonds. The van der Waals surface area contributed by atoms with Crippen molar-refractivity contribution in [3.8, 4) is 61.3 Å². The molecule has 11 rings (SSSR count). The van der Waals surface area contributed by atoms with Crippen LogP contribution < -0.4 is 4.90 Å². The van der Waals surface area contributed by atoms with Crippen molar-refractivity contribution in [1.82, 2.24) is 4.57 Å². The Morgan fingerprint density at radius 1 is 0.258 bits per heavy atom. The second-order valence-corrected chi connectivity index (χ2v) is 15.8. The topological polar surface area (TPSA) is 8.17 Å². The van der Waals surface area contributed by atoms with Crippen LogP contribution in [-0.4, -0.2) is 4.57 Å². The molecular weight excluding hydrogens is 749 g/mol.